The van der Waals surface area contributed by atoms with Crippen LogP contribution in [0.4, 0.5) is 0 Å². The molecule has 6 N–H and O–H groups in total. The van der Waals surface area contributed by atoms with E-state index in [2.05, 4.69) is 0 Å². The Balaban J connectivity index is -0.0000000178. The summed E-state index contributed by atoms with van der Waals surface area (Å²) >= 11 is 0. The Morgan fingerprint density at radius 1 is 0.643 bits per heavy atom. The van der Waals surface area contributed by atoms with Crippen LogP contribution in [0.15, 0.2) is 0 Å². The Bertz CT molecular complexity index is 217. The summed E-state index contributed by atoms with van der Waals surface area (Å²) in [5, 5.41) is 0. The van der Waals surface area contributed by atoms with Crippen LogP contribution in [0.1, 0.15) is 0 Å². The molecule has 0 saturated heterocycles. The topological polar surface area (TPSA) is 181 Å². The zero-order valence-corrected chi connectivity index (χ0v) is 17.5. The van der Waals surface area contributed by atoms with Gasteiger partial charge in [-0.3, -0.25) is 18.2 Å². The van der Waals surface area contributed by atoms with Crippen molar-refractivity contribution in [3.8, 4) is 0 Å². The number of rotatable bonds is 0. The van der Waals surface area contributed by atoms with Gasteiger partial charge in [-0.2, -0.15) is 16.8 Å². The van der Waals surface area contributed by atoms with Crippen molar-refractivity contribution >= 4 is 161 Å². The zero-order chi connectivity index (χ0) is 9.00. The second-order valence-electron chi connectivity index (χ2n) is 0.896. The van der Waals surface area contributed by atoms with E-state index in [4.69, 9.17) is 35.0 Å². The van der Waals surface area contributed by atoms with Gasteiger partial charge in [0, 0.05) is 141 Å². The first-order chi connectivity index (χ1) is 4.00. The minimum Gasteiger partial charge on any atom is -0.412 e. The SMILES string of the molecule is O.O=S(=O)(O)O.O=S(=O)(O)O.[Ca].[K].[K]. The van der Waals surface area contributed by atoms with Gasteiger partial charge in [0.15, 0.2) is 0 Å². The predicted molar refractivity (Wildman–Crippen MR) is 49.2 cm³/mol. The fourth-order valence-electron chi connectivity index (χ4n) is 0. The van der Waals surface area contributed by atoms with Gasteiger partial charge >= 0.3 is 20.8 Å². The quantitative estimate of drug-likeness (QED) is 0.263. The summed E-state index contributed by atoms with van der Waals surface area (Å²) in [4.78, 5) is 0. The van der Waals surface area contributed by atoms with E-state index in [0.717, 1.165) is 0 Å². The third-order valence-corrected chi connectivity index (χ3v) is 0. The van der Waals surface area contributed by atoms with Crippen LogP contribution in [0, 0.1) is 0 Å². The Morgan fingerprint density at radius 2 is 0.643 bits per heavy atom. The number of hydrogen-bond donors (Lipinski definition) is 4. The van der Waals surface area contributed by atoms with Gasteiger partial charge in [-0.15, -0.1) is 0 Å². The van der Waals surface area contributed by atoms with Crippen molar-refractivity contribution in [2.24, 2.45) is 0 Å². The van der Waals surface area contributed by atoms with E-state index in [9.17, 15) is 0 Å². The van der Waals surface area contributed by atoms with Gasteiger partial charge in [-0.25, -0.2) is 0 Å². The summed E-state index contributed by atoms with van der Waals surface area (Å²) in [5.41, 5.74) is 0. The molecule has 0 aliphatic carbocycles. The molecule has 0 aliphatic rings. The van der Waals surface area contributed by atoms with E-state index in [-0.39, 0.29) is 146 Å². The second kappa shape index (κ2) is 17.2. The molecule has 9 nitrogen and oxygen atoms in total. The fourth-order valence-corrected chi connectivity index (χ4v) is 0. The van der Waals surface area contributed by atoms with Crippen LogP contribution in [0.25, 0.3) is 0 Å². The molecule has 0 rings (SSSR count). The first kappa shape index (κ1) is 36.2. The van der Waals surface area contributed by atoms with Crippen LogP contribution in [-0.4, -0.2) is 181 Å². The van der Waals surface area contributed by atoms with Crippen molar-refractivity contribution in [3.63, 3.8) is 0 Å². The summed E-state index contributed by atoms with van der Waals surface area (Å²) in [7, 11) is -9.33. The predicted octanol–water partition coefficient (Wildman–Crippen LogP) is -3.27. The summed E-state index contributed by atoms with van der Waals surface area (Å²) in [5.74, 6) is 0. The average Bonchev–Trinajstić information content (AvgIpc) is 1.12. The first-order valence-electron chi connectivity index (χ1n) is 1.40. The maximum atomic E-state index is 8.74. The minimum absolute atomic E-state index is 0. The van der Waals surface area contributed by atoms with Crippen molar-refractivity contribution in [2.45, 2.75) is 0 Å². The van der Waals surface area contributed by atoms with E-state index in [1.54, 1.807) is 0 Å². The number of hydrogen-bond acceptors (Lipinski definition) is 4. The van der Waals surface area contributed by atoms with E-state index in [1.807, 2.05) is 0 Å². The van der Waals surface area contributed by atoms with E-state index >= 15 is 0 Å². The Labute approximate surface area is 196 Å². The molecule has 0 aromatic rings. The molecule has 0 amide bonds. The van der Waals surface area contributed by atoms with Crippen LogP contribution in [0.2, 0.25) is 0 Å². The Morgan fingerprint density at radius 3 is 0.643 bits per heavy atom. The molecule has 0 saturated carbocycles. The third-order valence-electron chi connectivity index (χ3n) is 0. The summed E-state index contributed by atoms with van der Waals surface area (Å²) in [6, 6.07) is 0. The molecule has 0 bridgehead atoms. The molecule has 0 aromatic carbocycles. The molecule has 0 heterocycles. The van der Waals surface area contributed by atoms with Crippen LogP contribution in [0.3, 0.4) is 0 Å². The van der Waals surface area contributed by atoms with Crippen LogP contribution < -0.4 is 0 Å². The van der Waals surface area contributed by atoms with Gasteiger partial charge in [-0.1, -0.05) is 0 Å². The van der Waals surface area contributed by atoms with Crippen molar-refractivity contribution in [1.82, 2.24) is 0 Å². The molecular formula is H6CaK2O9S2. The van der Waals surface area contributed by atoms with Crippen molar-refractivity contribution in [3.05, 3.63) is 0 Å². The third kappa shape index (κ3) is 210. The minimum atomic E-state index is -4.67. The average molecular weight is 332 g/mol. The van der Waals surface area contributed by atoms with Crippen molar-refractivity contribution in [2.75, 3.05) is 0 Å². The monoisotopic (exact) mass is 332 g/mol. The van der Waals surface area contributed by atoms with Crippen molar-refractivity contribution in [1.29, 1.82) is 0 Å². The summed E-state index contributed by atoms with van der Waals surface area (Å²) in [6.07, 6.45) is 0. The summed E-state index contributed by atoms with van der Waals surface area (Å²) in [6.45, 7) is 0. The van der Waals surface area contributed by atoms with Gasteiger partial charge in [0.2, 0.25) is 0 Å². The largest absolute Gasteiger partial charge is 0.412 e. The zero-order valence-electron chi connectivity index (χ0n) is 7.45. The van der Waals surface area contributed by atoms with Crippen molar-refractivity contribution < 1.29 is 40.5 Å². The smallest absolute Gasteiger partial charge is 0.394 e. The molecule has 0 fully saturated rings. The van der Waals surface area contributed by atoms with Gasteiger partial charge in [0.25, 0.3) is 0 Å². The molecule has 0 spiro atoms. The molecule has 4 radical (unpaired) electrons. The van der Waals surface area contributed by atoms with Gasteiger partial charge in [0.05, 0.1) is 0 Å². The molecule has 0 aliphatic heterocycles. The standard InChI is InChI=1S/Ca.2K.2H2O4S.H2O/c;;;2*1-5(2,3)4;/h;;;2*(H2,1,2,3,4);1H2. The fraction of sp³-hybridized carbons (Fsp3) is 0. The maximum Gasteiger partial charge on any atom is 0.394 e. The molecule has 76 valence electrons. The van der Waals surface area contributed by atoms with Crippen LogP contribution in [0.5, 0.6) is 0 Å². The van der Waals surface area contributed by atoms with E-state index in [0.29, 0.717) is 0 Å². The molecule has 0 unspecified atom stereocenters. The van der Waals surface area contributed by atoms with Crippen LogP contribution in [-0.2, 0) is 20.8 Å². The van der Waals surface area contributed by atoms with E-state index < -0.39 is 20.8 Å². The second-order valence-corrected chi connectivity index (χ2v) is 2.69. The van der Waals surface area contributed by atoms with Gasteiger partial charge in [0.1, 0.15) is 0 Å². The Hall–Kier alpha value is 4.23. The normalized spacial score (nSPS) is 8.29. The molecule has 14 heavy (non-hydrogen) atoms. The Kier molecular flexibility index (Phi) is 44.5. The van der Waals surface area contributed by atoms with Gasteiger partial charge < -0.3 is 5.48 Å². The molecular weight excluding hydrogens is 326 g/mol. The van der Waals surface area contributed by atoms with E-state index in [1.165, 1.54) is 0 Å². The molecule has 0 atom stereocenters. The molecule has 14 heteroatoms. The molecule has 0 aromatic heterocycles. The summed E-state index contributed by atoms with van der Waals surface area (Å²) < 4.78 is 63.2. The first-order valence-corrected chi connectivity index (χ1v) is 4.19. The maximum absolute atomic E-state index is 8.74. The van der Waals surface area contributed by atoms with Gasteiger partial charge in [-0.05, 0) is 0 Å². The van der Waals surface area contributed by atoms with Crippen LogP contribution >= 0.6 is 0 Å².